The van der Waals surface area contributed by atoms with Gasteiger partial charge >= 0.3 is 0 Å². The lowest BCUT2D eigenvalue weighted by atomic mass is 10.3. The third kappa shape index (κ3) is 3.38. The summed E-state index contributed by atoms with van der Waals surface area (Å²) < 4.78 is 5.57. The summed E-state index contributed by atoms with van der Waals surface area (Å²) in [7, 11) is 0. The van der Waals surface area contributed by atoms with Gasteiger partial charge in [0, 0.05) is 6.54 Å². The molecule has 84 valence electrons. The summed E-state index contributed by atoms with van der Waals surface area (Å²) in [5, 5.41) is 3.25. The standard InChI is InChI=1S/C11H19N3O/c1-5-6-12-10-9(4)11(14-7-13-10)15-8(2)3/h7-8H,5-6H2,1-4H3,(H,12,13,14). The predicted octanol–water partition coefficient (Wildman–Crippen LogP) is 2.39. The lowest BCUT2D eigenvalue weighted by Gasteiger charge is -2.13. The summed E-state index contributed by atoms with van der Waals surface area (Å²) in [6, 6.07) is 0. The van der Waals surface area contributed by atoms with Crippen LogP contribution in [0.1, 0.15) is 32.8 Å². The van der Waals surface area contributed by atoms with Crippen molar-refractivity contribution >= 4 is 5.82 Å². The Balaban J connectivity index is 2.80. The van der Waals surface area contributed by atoms with E-state index in [4.69, 9.17) is 4.74 Å². The number of ether oxygens (including phenoxy) is 1. The topological polar surface area (TPSA) is 47.0 Å². The summed E-state index contributed by atoms with van der Waals surface area (Å²) in [6.07, 6.45) is 2.74. The molecule has 15 heavy (non-hydrogen) atoms. The highest BCUT2D eigenvalue weighted by atomic mass is 16.5. The van der Waals surface area contributed by atoms with Gasteiger partial charge in [-0.1, -0.05) is 6.92 Å². The summed E-state index contributed by atoms with van der Waals surface area (Å²) in [4.78, 5) is 8.30. The van der Waals surface area contributed by atoms with E-state index in [1.807, 2.05) is 20.8 Å². The van der Waals surface area contributed by atoms with Crippen LogP contribution >= 0.6 is 0 Å². The maximum absolute atomic E-state index is 5.57. The fourth-order valence-corrected chi connectivity index (χ4v) is 1.20. The molecular formula is C11H19N3O. The minimum atomic E-state index is 0.137. The summed E-state index contributed by atoms with van der Waals surface area (Å²) in [5.74, 6) is 1.53. The van der Waals surface area contributed by atoms with Crippen LogP contribution in [0.5, 0.6) is 5.88 Å². The highest BCUT2D eigenvalue weighted by Gasteiger charge is 2.08. The van der Waals surface area contributed by atoms with E-state index in [1.54, 1.807) is 0 Å². The van der Waals surface area contributed by atoms with Gasteiger partial charge < -0.3 is 10.1 Å². The molecule has 0 spiro atoms. The minimum absolute atomic E-state index is 0.137. The van der Waals surface area contributed by atoms with E-state index in [-0.39, 0.29) is 6.10 Å². The second kappa shape index (κ2) is 5.53. The first kappa shape index (κ1) is 11.8. The molecule has 0 aromatic carbocycles. The summed E-state index contributed by atoms with van der Waals surface area (Å²) in [5.41, 5.74) is 0.972. The van der Waals surface area contributed by atoms with Gasteiger partial charge in [0.1, 0.15) is 12.1 Å². The zero-order valence-electron chi connectivity index (χ0n) is 9.87. The van der Waals surface area contributed by atoms with Crippen LogP contribution in [0.4, 0.5) is 5.82 Å². The van der Waals surface area contributed by atoms with Crippen LogP contribution in [0.15, 0.2) is 6.33 Å². The first-order valence-electron chi connectivity index (χ1n) is 5.37. The van der Waals surface area contributed by atoms with Crippen molar-refractivity contribution in [3.8, 4) is 5.88 Å². The SMILES string of the molecule is CCCNc1ncnc(OC(C)C)c1C. The van der Waals surface area contributed by atoms with Gasteiger partial charge in [-0.05, 0) is 27.2 Å². The first-order valence-corrected chi connectivity index (χ1v) is 5.37. The van der Waals surface area contributed by atoms with Crippen LogP contribution in [-0.2, 0) is 0 Å². The molecule has 1 aromatic heterocycles. The zero-order chi connectivity index (χ0) is 11.3. The Bertz CT molecular complexity index is 313. The van der Waals surface area contributed by atoms with Crippen LogP contribution in [0.25, 0.3) is 0 Å². The van der Waals surface area contributed by atoms with Crippen LogP contribution in [0.3, 0.4) is 0 Å². The molecule has 0 unspecified atom stereocenters. The lowest BCUT2D eigenvalue weighted by molar-refractivity contribution is 0.230. The molecule has 1 heterocycles. The number of hydrogen-bond acceptors (Lipinski definition) is 4. The van der Waals surface area contributed by atoms with Crippen molar-refractivity contribution in [1.29, 1.82) is 0 Å². The Morgan fingerprint density at radius 3 is 2.73 bits per heavy atom. The number of nitrogens with zero attached hydrogens (tertiary/aromatic N) is 2. The Morgan fingerprint density at radius 2 is 2.13 bits per heavy atom. The minimum Gasteiger partial charge on any atom is -0.475 e. The van der Waals surface area contributed by atoms with Crippen LogP contribution in [0.2, 0.25) is 0 Å². The van der Waals surface area contributed by atoms with Crippen molar-refractivity contribution in [3.63, 3.8) is 0 Å². The molecule has 0 aliphatic heterocycles. The molecule has 4 nitrogen and oxygen atoms in total. The second-order valence-corrected chi connectivity index (χ2v) is 3.75. The quantitative estimate of drug-likeness (QED) is 0.809. The fraction of sp³-hybridized carbons (Fsp3) is 0.636. The molecule has 0 radical (unpaired) electrons. The van der Waals surface area contributed by atoms with Gasteiger partial charge in [-0.3, -0.25) is 0 Å². The molecular weight excluding hydrogens is 190 g/mol. The molecule has 1 N–H and O–H groups in total. The Hall–Kier alpha value is -1.32. The second-order valence-electron chi connectivity index (χ2n) is 3.75. The van der Waals surface area contributed by atoms with Gasteiger partial charge in [0.25, 0.3) is 0 Å². The summed E-state index contributed by atoms with van der Waals surface area (Å²) in [6.45, 7) is 8.98. The lowest BCUT2D eigenvalue weighted by Crippen LogP contribution is -2.11. The smallest absolute Gasteiger partial charge is 0.221 e. The molecule has 0 fully saturated rings. The average Bonchev–Trinajstić information content (AvgIpc) is 2.19. The van der Waals surface area contributed by atoms with Crippen LogP contribution in [0, 0.1) is 6.92 Å². The monoisotopic (exact) mass is 209 g/mol. The fourth-order valence-electron chi connectivity index (χ4n) is 1.20. The van der Waals surface area contributed by atoms with Gasteiger partial charge in [0.2, 0.25) is 5.88 Å². The average molecular weight is 209 g/mol. The molecule has 0 bridgehead atoms. The molecule has 4 heteroatoms. The number of anilines is 1. The van der Waals surface area contributed by atoms with E-state index in [2.05, 4.69) is 22.2 Å². The highest BCUT2D eigenvalue weighted by Crippen LogP contribution is 2.20. The zero-order valence-corrected chi connectivity index (χ0v) is 9.87. The molecule has 0 amide bonds. The molecule has 0 aliphatic carbocycles. The van der Waals surface area contributed by atoms with Gasteiger partial charge in [-0.25, -0.2) is 9.97 Å². The van der Waals surface area contributed by atoms with E-state index in [1.165, 1.54) is 6.33 Å². The number of hydrogen-bond donors (Lipinski definition) is 1. The molecule has 0 aliphatic rings. The Labute approximate surface area is 91.1 Å². The van der Waals surface area contributed by atoms with Crippen molar-refractivity contribution in [3.05, 3.63) is 11.9 Å². The largest absolute Gasteiger partial charge is 0.475 e. The van der Waals surface area contributed by atoms with Crippen molar-refractivity contribution in [2.75, 3.05) is 11.9 Å². The molecule has 1 rings (SSSR count). The molecule has 0 atom stereocenters. The highest BCUT2D eigenvalue weighted by molar-refractivity contribution is 5.47. The molecule has 0 saturated heterocycles. The van der Waals surface area contributed by atoms with E-state index in [9.17, 15) is 0 Å². The van der Waals surface area contributed by atoms with Crippen LogP contribution < -0.4 is 10.1 Å². The third-order valence-corrected chi connectivity index (χ3v) is 1.93. The first-order chi connectivity index (χ1) is 7.15. The normalized spacial score (nSPS) is 10.5. The molecule has 0 saturated carbocycles. The van der Waals surface area contributed by atoms with Crippen molar-refractivity contribution in [1.82, 2.24) is 9.97 Å². The van der Waals surface area contributed by atoms with Crippen molar-refractivity contribution in [2.24, 2.45) is 0 Å². The summed E-state index contributed by atoms with van der Waals surface area (Å²) >= 11 is 0. The number of aromatic nitrogens is 2. The van der Waals surface area contributed by atoms with E-state index < -0.39 is 0 Å². The van der Waals surface area contributed by atoms with Crippen molar-refractivity contribution < 1.29 is 4.74 Å². The van der Waals surface area contributed by atoms with Gasteiger partial charge in [-0.15, -0.1) is 0 Å². The van der Waals surface area contributed by atoms with E-state index >= 15 is 0 Å². The number of rotatable bonds is 5. The van der Waals surface area contributed by atoms with Gasteiger partial charge in [0.05, 0.1) is 11.7 Å². The predicted molar refractivity (Wildman–Crippen MR) is 61.3 cm³/mol. The maximum atomic E-state index is 5.57. The Morgan fingerprint density at radius 1 is 1.40 bits per heavy atom. The van der Waals surface area contributed by atoms with E-state index in [0.29, 0.717) is 5.88 Å². The van der Waals surface area contributed by atoms with Crippen LogP contribution in [-0.4, -0.2) is 22.6 Å². The van der Waals surface area contributed by atoms with E-state index in [0.717, 1.165) is 24.3 Å². The Kier molecular flexibility index (Phi) is 4.34. The van der Waals surface area contributed by atoms with Crippen molar-refractivity contribution in [2.45, 2.75) is 40.2 Å². The molecule has 1 aromatic rings. The maximum Gasteiger partial charge on any atom is 0.221 e. The number of nitrogens with one attached hydrogen (secondary N) is 1. The third-order valence-electron chi connectivity index (χ3n) is 1.93. The van der Waals surface area contributed by atoms with Gasteiger partial charge in [0.15, 0.2) is 0 Å². The van der Waals surface area contributed by atoms with Gasteiger partial charge in [-0.2, -0.15) is 0 Å².